The van der Waals surface area contributed by atoms with Gasteiger partial charge in [0.1, 0.15) is 6.04 Å². The average Bonchev–Trinajstić information content (AvgIpc) is 3.31. The van der Waals surface area contributed by atoms with Gasteiger partial charge >= 0.3 is 6.03 Å². The van der Waals surface area contributed by atoms with Crippen molar-refractivity contribution >= 4 is 17.8 Å². The summed E-state index contributed by atoms with van der Waals surface area (Å²) in [5, 5.41) is 5.48. The summed E-state index contributed by atoms with van der Waals surface area (Å²) in [4.78, 5) is 38.0. The van der Waals surface area contributed by atoms with Crippen molar-refractivity contribution in [2.24, 2.45) is 0 Å². The molecule has 1 saturated heterocycles. The Bertz CT molecular complexity index is 931. The maximum atomic E-state index is 12.5. The SMILES string of the molecule is O=C(CC[C@H]1NC(=O)N(Cc2ccccc2)C1=O)NCc1ccc2c(c1)OCO2. The Labute approximate surface area is 167 Å². The number of nitrogens with one attached hydrogen (secondary N) is 2. The second kappa shape index (κ2) is 8.22. The topological polar surface area (TPSA) is 97.0 Å². The first-order valence-electron chi connectivity index (χ1n) is 9.41. The minimum absolute atomic E-state index is 0.139. The Morgan fingerprint density at radius 2 is 1.86 bits per heavy atom. The third-order valence-electron chi connectivity index (χ3n) is 4.88. The zero-order chi connectivity index (χ0) is 20.2. The molecule has 2 aliphatic rings. The van der Waals surface area contributed by atoms with Crippen molar-refractivity contribution in [2.75, 3.05) is 6.79 Å². The largest absolute Gasteiger partial charge is 0.454 e. The fraction of sp³-hybridized carbons (Fsp3) is 0.286. The Balaban J connectivity index is 1.25. The molecular formula is C21H21N3O5. The van der Waals surface area contributed by atoms with Gasteiger partial charge in [0, 0.05) is 13.0 Å². The van der Waals surface area contributed by atoms with E-state index in [0.29, 0.717) is 18.0 Å². The van der Waals surface area contributed by atoms with Crippen molar-refractivity contribution < 1.29 is 23.9 Å². The van der Waals surface area contributed by atoms with Crippen molar-refractivity contribution in [3.05, 3.63) is 59.7 Å². The maximum absolute atomic E-state index is 12.5. The summed E-state index contributed by atoms with van der Waals surface area (Å²) >= 11 is 0. The highest BCUT2D eigenvalue weighted by atomic mass is 16.7. The third-order valence-corrected chi connectivity index (χ3v) is 4.88. The first kappa shape index (κ1) is 18.8. The van der Waals surface area contributed by atoms with E-state index >= 15 is 0 Å². The number of nitrogens with zero attached hydrogens (tertiary/aromatic N) is 1. The molecule has 2 N–H and O–H groups in total. The fourth-order valence-electron chi connectivity index (χ4n) is 3.30. The van der Waals surface area contributed by atoms with Gasteiger partial charge < -0.3 is 20.1 Å². The lowest BCUT2D eigenvalue weighted by atomic mass is 10.1. The summed E-state index contributed by atoms with van der Waals surface area (Å²) in [6.07, 6.45) is 0.392. The van der Waals surface area contributed by atoms with Gasteiger partial charge in [-0.25, -0.2) is 4.79 Å². The van der Waals surface area contributed by atoms with Crippen molar-refractivity contribution in [1.29, 1.82) is 0 Å². The molecule has 0 aliphatic carbocycles. The molecule has 0 aromatic heterocycles. The quantitative estimate of drug-likeness (QED) is 0.699. The standard InChI is InChI=1S/C21H21N3O5/c25-19(22-11-15-6-8-17-18(10-15)29-13-28-17)9-7-16-20(26)24(21(27)23-16)12-14-4-2-1-3-5-14/h1-6,8,10,16H,7,9,11-13H2,(H,22,25)(H,23,27)/t16-/m1/s1. The van der Waals surface area contributed by atoms with Gasteiger partial charge in [0.25, 0.3) is 5.91 Å². The van der Waals surface area contributed by atoms with Gasteiger partial charge in [-0.2, -0.15) is 0 Å². The van der Waals surface area contributed by atoms with Crippen LogP contribution in [0.4, 0.5) is 4.79 Å². The van der Waals surface area contributed by atoms with Gasteiger partial charge in [0.2, 0.25) is 12.7 Å². The molecule has 1 atom stereocenters. The molecule has 1 fully saturated rings. The number of hydrogen-bond donors (Lipinski definition) is 2. The minimum atomic E-state index is -0.678. The highest BCUT2D eigenvalue weighted by Gasteiger charge is 2.37. The van der Waals surface area contributed by atoms with E-state index in [2.05, 4.69) is 10.6 Å². The van der Waals surface area contributed by atoms with E-state index in [1.165, 1.54) is 4.90 Å². The van der Waals surface area contributed by atoms with Crippen molar-refractivity contribution in [3.8, 4) is 11.5 Å². The van der Waals surface area contributed by atoms with Crippen LogP contribution in [0, 0.1) is 0 Å². The fourth-order valence-corrected chi connectivity index (χ4v) is 3.30. The molecule has 29 heavy (non-hydrogen) atoms. The number of carbonyl (C=O) groups is 3. The molecule has 4 rings (SSSR count). The van der Waals surface area contributed by atoms with Gasteiger partial charge in [-0.05, 0) is 29.7 Å². The molecule has 150 valence electrons. The smallest absolute Gasteiger partial charge is 0.325 e. The summed E-state index contributed by atoms with van der Waals surface area (Å²) in [5.41, 5.74) is 1.76. The zero-order valence-electron chi connectivity index (χ0n) is 15.7. The normalized spacial score (nSPS) is 17.4. The molecule has 0 radical (unpaired) electrons. The van der Waals surface area contributed by atoms with Crippen LogP contribution in [-0.4, -0.2) is 35.6 Å². The Morgan fingerprint density at radius 1 is 1.07 bits per heavy atom. The Kier molecular flexibility index (Phi) is 5.33. The number of imide groups is 1. The van der Waals surface area contributed by atoms with E-state index in [1.807, 2.05) is 42.5 Å². The van der Waals surface area contributed by atoms with E-state index in [0.717, 1.165) is 11.1 Å². The van der Waals surface area contributed by atoms with E-state index < -0.39 is 12.1 Å². The average molecular weight is 395 g/mol. The summed E-state index contributed by atoms with van der Waals surface area (Å²) in [6, 6.07) is 13.7. The number of hydrogen-bond acceptors (Lipinski definition) is 5. The van der Waals surface area contributed by atoms with Crippen LogP contribution in [0.2, 0.25) is 0 Å². The number of carbonyl (C=O) groups excluding carboxylic acids is 3. The highest BCUT2D eigenvalue weighted by Crippen LogP contribution is 2.32. The molecule has 0 unspecified atom stereocenters. The molecule has 2 heterocycles. The predicted molar refractivity (Wildman–Crippen MR) is 103 cm³/mol. The number of fused-ring (bicyclic) bond motifs is 1. The summed E-state index contributed by atoms with van der Waals surface area (Å²) < 4.78 is 10.6. The highest BCUT2D eigenvalue weighted by molar-refractivity contribution is 6.04. The van der Waals surface area contributed by atoms with Crippen LogP contribution >= 0.6 is 0 Å². The molecule has 2 aromatic rings. The summed E-state index contributed by atoms with van der Waals surface area (Å²) in [6.45, 7) is 0.770. The Morgan fingerprint density at radius 3 is 2.69 bits per heavy atom. The van der Waals surface area contributed by atoms with Crippen LogP contribution < -0.4 is 20.1 Å². The van der Waals surface area contributed by atoms with Crippen molar-refractivity contribution in [3.63, 3.8) is 0 Å². The maximum Gasteiger partial charge on any atom is 0.325 e. The number of amides is 4. The molecular weight excluding hydrogens is 374 g/mol. The molecule has 0 saturated carbocycles. The van der Waals surface area contributed by atoms with E-state index in [1.54, 1.807) is 6.07 Å². The Hall–Kier alpha value is -3.55. The van der Waals surface area contributed by atoms with Crippen molar-refractivity contribution in [1.82, 2.24) is 15.5 Å². The lowest BCUT2D eigenvalue weighted by molar-refractivity contribution is -0.128. The molecule has 2 aromatic carbocycles. The van der Waals surface area contributed by atoms with Crippen LogP contribution in [-0.2, 0) is 22.7 Å². The molecule has 8 heteroatoms. The summed E-state index contributed by atoms with van der Waals surface area (Å²) in [7, 11) is 0. The number of benzene rings is 2. The van der Waals surface area contributed by atoms with E-state index in [-0.39, 0.29) is 38.0 Å². The molecule has 0 bridgehead atoms. The van der Waals surface area contributed by atoms with Crippen LogP contribution in [0.25, 0.3) is 0 Å². The third kappa shape index (κ3) is 4.31. The van der Waals surface area contributed by atoms with Crippen LogP contribution in [0.15, 0.2) is 48.5 Å². The predicted octanol–water partition coefficient (Wildman–Crippen LogP) is 1.93. The van der Waals surface area contributed by atoms with Crippen LogP contribution in [0.1, 0.15) is 24.0 Å². The van der Waals surface area contributed by atoms with Crippen LogP contribution in [0.3, 0.4) is 0 Å². The number of ether oxygens (including phenoxy) is 2. The van der Waals surface area contributed by atoms with Gasteiger partial charge in [0.05, 0.1) is 6.54 Å². The van der Waals surface area contributed by atoms with Crippen LogP contribution in [0.5, 0.6) is 11.5 Å². The minimum Gasteiger partial charge on any atom is -0.454 e. The lowest BCUT2D eigenvalue weighted by Crippen LogP contribution is -2.32. The second-order valence-electron chi connectivity index (χ2n) is 6.92. The zero-order valence-corrected chi connectivity index (χ0v) is 15.7. The van der Waals surface area contributed by atoms with Gasteiger partial charge in [-0.15, -0.1) is 0 Å². The molecule has 2 aliphatic heterocycles. The van der Waals surface area contributed by atoms with Crippen molar-refractivity contribution in [2.45, 2.75) is 32.0 Å². The summed E-state index contributed by atoms with van der Waals surface area (Å²) in [5.74, 6) is 0.860. The first-order valence-corrected chi connectivity index (χ1v) is 9.41. The van der Waals surface area contributed by atoms with E-state index in [4.69, 9.17) is 9.47 Å². The lowest BCUT2D eigenvalue weighted by Gasteiger charge is -2.13. The van der Waals surface area contributed by atoms with E-state index in [9.17, 15) is 14.4 Å². The molecule has 0 spiro atoms. The van der Waals surface area contributed by atoms with Gasteiger partial charge in [-0.1, -0.05) is 36.4 Å². The molecule has 4 amide bonds. The first-order chi connectivity index (χ1) is 14.1. The van der Waals surface area contributed by atoms with Gasteiger partial charge in [0.15, 0.2) is 11.5 Å². The number of rotatable bonds is 7. The van der Waals surface area contributed by atoms with Gasteiger partial charge in [-0.3, -0.25) is 14.5 Å². The number of urea groups is 1. The molecule has 8 nitrogen and oxygen atoms in total. The monoisotopic (exact) mass is 395 g/mol. The second-order valence-corrected chi connectivity index (χ2v) is 6.92.